The fraction of sp³-hybridized carbons (Fsp3) is 0.412. The molecular weight excluding hydrogens is 312 g/mol. The van der Waals surface area contributed by atoms with Crippen molar-refractivity contribution >= 4 is 17.7 Å². The molecule has 3 rings (SSSR count). The minimum atomic E-state index is 0.0471. The number of aromatic nitrogens is 1. The number of ether oxygens (including phenoxy) is 1. The SMILES string of the molecule is COc1cccc(SCC(=O)N2CCC[C@H]2c2cc(C)on2)c1. The summed E-state index contributed by atoms with van der Waals surface area (Å²) in [4.78, 5) is 15.5. The lowest BCUT2D eigenvalue weighted by Crippen LogP contribution is -2.32. The van der Waals surface area contributed by atoms with Crippen molar-refractivity contribution in [1.29, 1.82) is 0 Å². The van der Waals surface area contributed by atoms with Gasteiger partial charge in [0.2, 0.25) is 5.91 Å². The third kappa shape index (κ3) is 3.69. The third-order valence-corrected chi connectivity index (χ3v) is 4.94. The second-order valence-electron chi connectivity index (χ2n) is 5.58. The fourth-order valence-corrected chi connectivity index (χ4v) is 3.66. The molecule has 2 heterocycles. The van der Waals surface area contributed by atoms with Crippen LogP contribution in [-0.2, 0) is 4.79 Å². The van der Waals surface area contributed by atoms with Gasteiger partial charge >= 0.3 is 0 Å². The molecule has 23 heavy (non-hydrogen) atoms. The lowest BCUT2D eigenvalue weighted by molar-refractivity contribution is -0.129. The first kappa shape index (κ1) is 15.9. The minimum absolute atomic E-state index is 0.0471. The summed E-state index contributed by atoms with van der Waals surface area (Å²) in [6.07, 6.45) is 1.95. The number of benzene rings is 1. The van der Waals surface area contributed by atoms with Crippen molar-refractivity contribution in [3.8, 4) is 5.75 Å². The molecule has 5 nitrogen and oxygen atoms in total. The first-order chi connectivity index (χ1) is 11.2. The van der Waals surface area contributed by atoms with E-state index in [0.717, 1.165) is 41.5 Å². The monoisotopic (exact) mass is 332 g/mol. The van der Waals surface area contributed by atoms with Crippen LogP contribution in [0.3, 0.4) is 0 Å². The van der Waals surface area contributed by atoms with Crippen LogP contribution in [0, 0.1) is 6.92 Å². The number of hydrogen-bond donors (Lipinski definition) is 0. The van der Waals surface area contributed by atoms with Crippen LogP contribution in [0.25, 0.3) is 0 Å². The second-order valence-corrected chi connectivity index (χ2v) is 6.62. The molecule has 1 atom stereocenters. The van der Waals surface area contributed by atoms with Crippen LogP contribution in [0.4, 0.5) is 0 Å². The third-order valence-electron chi connectivity index (χ3n) is 3.96. The lowest BCUT2D eigenvalue weighted by atomic mass is 10.1. The van der Waals surface area contributed by atoms with Gasteiger partial charge in [0, 0.05) is 17.5 Å². The van der Waals surface area contributed by atoms with Crippen LogP contribution in [0.15, 0.2) is 39.8 Å². The maximum atomic E-state index is 12.6. The topological polar surface area (TPSA) is 55.6 Å². The number of carbonyl (C=O) groups is 1. The average molecular weight is 332 g/mol. The van der Waals surface area contributed by atoms with Crippen molar-refractivity contribution in [3.63, 3.8) is 0 Å². The summed E-state index contributed by atoms with van der Waals surface area (Å²) in [6.45, 7) is 2.66. The molecule has 2 aromatic rings. The van der Waals surface area contributed by atoms with Crippen molar-refractivity contribution in [2.75, 3.05) is 19.4 Å². The minimum Gasteiger partial charge on any atom is -0.497 e. The van der Waals surface area contributed by atoms with Gasteiger partial charge in [-0.05, 0) is 38.0 Å². The number of aryl methyl sites for hydroxylation is 1. The summed E-state index contributed by atoms with van der Waals surface area (Å²) >= 11 is 1.53. The summed E-state index contributed by atoms with van der Waals surface area (Å²) in [5, 5.41) is 4.08. The van der Waals surface area contributed by atoms with Crippen molar-refractivity contribution < 1.29 is 14.1 Å². The van der Waals surface area contributed by atoms with E-state index in [1.165, 1.54) is 11.8 Å². The zero-order valence-electron chi connectivity index (χ0n) is 13.3. The molecule has 1 aliphatic rings. The van der Waals surface area contributed by atoms with Gasteiger partial charge in [-0.3, -0.25) is 4.79 Å². The Morgan fingerprint density at radius 2 is 2.35 bits per heavy atom. The van der Waals surface area contributed by atoms with Gasteiger partial charge < -0.3 is 14.2 Å². The van der Waals surface area contributed by atoms with E-state index in [1.807, 2.05) is 42.2 Å². The molecule has 0 radical (unpaired) electrons. The summed E-state index contributed by atoms with van der Waals surface area (Å²) < 4.78 is 10.4. The van der Waals surface area contributed by atoms with E-state index in [9.17, 15) is 4.79 Å². The summed E-state index contributed by atoms with van der Waals surface area (Å²) in [5.74, 6) is 2.14. The molecule has 0 aliphatic carbocycles. The molecule has 0 N–H and O–H groups in total. The van der Waals surface area contributed by atoms with Gasteiger partial charge in [-0.2, -0.15) is 0 Å². The number of amides is 1. The van der Waals surface area contributed by atoms with E-state index in [0.29, 0.717) is 5.75 Å². The predicted molar refractivity (Wildman–Crippen MR) is 88.6 cm³/mol. The van der Waals surface area contributed by atoms with E-state index < -0.39 is 0 Å². The van der Waals surface area contributed by atoms with Crippen molar-refractivity contribution in [3.05, 3.63) is 41.8 Å². The molecule has 0 unspecified atom stereocenters. The van der Waals surface area contributed by atoms with E-state index in [4.69, 9.17) is 9.26 Å². The molecule has 6 heteroatoms. The van der Waals surface area contributed by atoms with Gasteiger partial charge in [0.1, 0.15) is 17.2 Å². The first-order valence-electron chi connectivity index (χ1n) is 7.67. The highest BCUT2D eigenvalue weighted by Gasteiger charge is 2.31. The van der Waals surface area contributed by atoms with E-state index in [2.05, 4.69) is 5.16 Å². The fourth-order valence-electron chi connectivity index (χ4n) is 2.83. The number of methoxy groups -OCH3 is 1. The van der Waals surface area contributed by atoms with E-state index in [-0.39, 0.29) is 11.9 Å². The molecule has 1 aromatic heterocycles. The predicted octanol–water partition coefficient (Wildman–Crippen LogP) is 3.45. The smallest absolute Gasteiger partial charge is 0.233 e. The largest absolute Gasteiger partial charge is 0.497 e. The maximum Gasteiger partial charge on any atom is 0.233 e. The molecule has 122 valence electrons. The number of nitrogens with zero attached hydrogens (tertiary/aromatic N) is 2. The second kappa shape index (κ2) is 7.08. The van der Waals surface area contributed by atoms with Gasteiger partial charge in [-0.15, -0.1) is 11.8 Å². The quantitative estimate of drug-likeness (QED) is 0.785. The van der Waals surface area contributed by atoms with Gasteiger partial charge in [0.05, 0.1) is 18.9 Å². The van der Waals surface area contributed by atoms with Gasteiger partial charge in [-0.1, -0.05) is 11.2 Å². The highest BCUT2D eigenvalue weighted by atomic mass is 32.2. The maximum absolute atomic E-state index is 12.6. The Balaban J connectivity index is 1.63. The summed E-state index contributed by atoms with van der Waals surface area (Å²) in [6, 6.07) is 9.73. The van der Waals surface area contributed by atoms with Crippen LogP contribution in [0.5, 0.6) is 5.75 Å². The Morgan fingerprint density at radius 1 is 1.48 bits per heavy atom. The van der Waals surface area contributed by atoms with Crippen LogP contribution in [-0.4, -0.2) is 35.4 Å². The first-order valence-corrected chi connectivity index (χ1v) is 8.65. The van der Waals surface area contributed by atoms with Crippen molar-refractivity contribution in [1.82, 2.24) is 10.1 Å². The Bertz CT molecular complexity index is 686. The van der Waals surface area contributed by atoms with E-state index in [1.54, 1.807) is 7.11 Å². The Labute approximate surface area is 140 Å². The standard InChI is InChI=1S/C17H20N2O3S/c1-12-9-15(18-22-12)16-7-4-8-19(16)17(20)11-23-14-6-3-5-13(10-14)21-2/h3,5-6,9-10,16H,4,7-8,11H2,1-2H3/t16-/m0/s1. The van der Waals surface area contributed by atoms with Crippen LogP contribution >= 0.6 is 11.8 Å². The molecular formula is C17H20N2O3S. The zero-order valence-corrected chi connectivity index (χ0v) is 14.1. The lowest BCUT2D eigenvalue weighted by Gasteiger charge is -2.22. The molecule has 1 amide bonds. The molecule has 1 aliphatic heterocycles. The Kier molecular flexibility index (Phi) is 4.91. The normalized spacial score (nSPS) is 17.5. The van der Waals surface area contributed by atoms with Crippen LogP contribution < -0.4 is 4.74 Å². The molecule has 0 bridgehead atoms. The van der Waals surface area contributed by atoms with Gasteiger partial charge in [0.15, 0.2) is 0 Å². The zero-order chi connectivity index (χ0) is 16.2. The van der Waals surface area contributed by atoms with Crippen molar-refractivity contribution in [2.45, 2.75) is 30.7 Å². The Morgan fingerprint density at radius 3 is 3.09 bits per heavy atom. The number of likely N-dealkylation sites (tertiary alicyclic amines) is 1. The van der Waals surface area contributed by atoms with Gasteiger partial charge in [-0.25, -0.2) is 0 Å². The number of rotatable bonds is 5. The molecule has 0 saturated carbocycles. The highest BCUT2D eigenvalue weighted by Crippen LogP contribution is 2.32. The molecule has 0 spiro atoms. The number of hydrogen-bond acceptors (Lipinski definition) is 5. The van der Waals surface area contributed by atoms with Gasteiger partial charge in [0.25, 0.3) is 0 Å². The summed E-state index contributed by atoms with van der Waals surface area (Å²) in [5.41, 5.74) is 0.861. The van der Waals surface area contributed by atoms with E-state index >= 15 is 0 Å². The number of carbonyl (C=O) groups excluding carboxylic acids is 1. The van der Waals surface area contributed by atoms with Crippen molar-refractivity contribution in [2.24, 2.45) is 0 Å². The average Bonchev–Trinajstić information content (AvgIpc) is 3.21. The van der Waals surface area contributed by atoms with Crippen LogP contribution in [0.1, 0.15) is 30.3 Å². The molecule has 1 saturated heterocycles. The molecule has 1 fully saturated rings. The number of thioether (sulfide) groups is 1. The molecule has 1 aromatic carbocycles. The Hall–Kier alpha value is -1.95. The van der Waals surface area contributed by atoms with Crippen LogP contribution in [0.2, 0.25) is 0 Å². The highest BCUT2D eigenvalue weighted by molar-refractivity contribution is 8.00. The summed E-state index contributed by atoms with van der Waals surface area (Å²) in [7, 11) is 1.64.